The largest absolute Gasteiger partial charge is 0.479 e. The number of hydrogen-bond acceptors (Lipinski definition) is 4. The molecule has 0 saturated heterocycles. The summed E-state index contributed by atoms with van der Waals surface area (Å²) in [5.41, 5.74) is 0.670. The third-order valence-electron chi connectivity index (χ3n) is 2.91. The molecule has 1 aromatic carbocycles. The van der Waals surface area contributed by atoms with Crippen molar-refractivity contribution in [2.45, 2.75) is 0 Å². The fraction of sp³-hybridized carbons (Fsp3) is 0.0667. The molecule has 3 rings (SSSR count). The van der Waals surface area contributed by atoms with Gasteiger partial charge in [-0.1, -0.05) is 18.2 Å². The number of hydrogen-bond donors (Lipinski definition) is 1. The van der Waals surface area contributed by atoms with Crippen LogP contribution in [0.5, 0.6) is 5.75 Å². The molecule has 1 N–H and O–H groups in total. The highest BCUT2D eigenvalue weighted by Gasteiger charge is 2.15. The Kier molecular flexibility index (Phi) is 2.87. The lowest BCUT2D eigenvalue weighted by Crippen LogP contribution is -2.16. The monoisotopic (exact) mass is 270 g/mol. The van der Waals surface area contributed by atoms with Gasteiger partial charge in [0.05, 0.1) is 5.56 Å². The van der Waals surface area contributed by atoms with Gasteiger partial charge < -0.3 is 14.3 Å². The van der Waals surface area contributed by atoms with Gasteiger partial charge in [0.25, 0.3) is 0 Å². The minimum absolute atomic E-state index is 0.00498. The van der Waals surface area contributed by atoms with E-state index >= 15 is 0 Å². The fourth-order valence-corrected chi connectivity index (χ4v) is 2.01. The van der Waals surface area contributed by atoms with Crippen LogP contribution < -0.4 is 10.2 Å². The maximum Gasteiger partial charge on any atom is 0.341 e. The zero-order chi connectivity index (χ0) is 14.1. The molecule has 0 atom stereocenters. The van der Waals surface area contributed by atoms with Crippen LogP contribution in [0.3, 0.4) is 0 Å². The van der Waals surface area contributed by atoms with Crippen LogP contribution in [0.1, 0.15) is 0 Å². The van der Waals surface area contributed by atoms with Gasteiger partial charge in [-0.2, -0.15) is 0 Å². The van der Waals surface area contributed by atoms with Crippen molar-refractivity contribution in [3.05, 3.63) is 52.7 Å². The van der Waals surface area contributed by atoms with E-state index in [1.165, 1.54) is 6.07 Å². The van der Waals surface area contributed by atoms with E-state index in [1.54, 1.807) is 12.1 Å². The summed E-state index contributed by atoms with van der Waals surface area (Å²) in [5.74, 6) is -0.686. The molecule has 1 aliphatic carbocycles. The first-order valence-corrected chi connectivity index (χ1v) is 5.95. The third kappa shape index (κ3) is 2.09. The van der Waals surface area contributed by atoms with E-state index in [-0.39, 0.29) is 11.2 Å². The molecule has 1 aromatic rings. The van der Waals surface area contributed by atoms with Crippen molar-refractivity contribution in [1.29, 1.82) is 0 Å². The Bertz CT molecular complexity index is 818. The molecular weight excluding hydrogens is 260 g/mol. The summed E-state index contributed by atoms with van der Waals surface area (Å²) < 4.78 is 10.6. The maximum atomic E-state index is 12.2. The van der Waals surface area contributed by atoms with Gasteiger partial charge in [-0.3, -0.25) is 4.79 Å². The predicted octanol–water partition coefficient (Wildman–Crippen LogP) is 2.36. The molecule has 2 aliphatic rings. The lowest BCUT2D eigenvalue weighted by Gasteiger charge is -2.08. The van der Waals surface area contributed by atoms with Crippen molar-refractivity contribution in [2.24, 2.45) is 0 Å². The third-order valence-corrected chi connectivity index (χ3v) is 2.91. The standard InChI is InChI=1S/C15H10O5/c16-14(17)8-19-13-6-5-12-10(15(13)18)7-9-3-1-2-4-11(9)20-12/h1-7H,8H2,(H,16,17). The number of carboxylic acid groups (broad SMARTS) is 1. The molecule has 0 spiro atoms. The first-order valence-electron chi connectivity index (χ1n) is 5.95. The van der Waals surface area contributed by atoms with Crippen LogP contribution in [0.4, 0.5) is 0 Å². The molecule has 0 fully saturated rings. The number of carboxylic acids is 1. The van der Waals surface area contributed by atoms with Gasteiger partial charge in [-0.05, 0) is 24.3 Å². The second-order valence-corrected chi connectivity index (χ2v) is 4.27. The van der Waals surface area contributed by atoms with Crippen LogP contribution >= 0.6 is 0 Å². The van der Waals surface area contributed by atoms with Gasteiger partial charge in [-0.15, -0.1) is 0 Å². The summed E-state index contributed by atoms with van der Waals surface area (Å²) >= 11 is 0. The fourth-order valence-electron chi connectivity index (χ4n) is 2.01. The van der Waals surface area contributed by atoms with Crippen molar-refractivity contribution in [2.75, 3.05) is 6.61 Å². The lowest BCUT2D eigenvalue weighted by atomic mass is 10.1. The minimum atomic E-state index is -1.13. The van der Waals surface area contributed by atoms with Crippen LogP contribution in [0.2, 0.25) is 0 Å². The highest BCUT2D eigenvalue weighted by atomic mass is 16.5. The van der Waals surface area contributed by atoms with Gasteiger partial charge in [-0.25, -0.2) is 4.79 Å². The Morgan fingerprint density at radius 3 is 2.80 bits per heavy atom. The number of para-hydroxylation sites is 1. The van der Waals surface area contributed by atoms with Crippen LogP contribution in [-0.2, 0) is 4.79 Å². The first-order chi connectivity index (χ1) is 9.65. The Morgan fingerprint density at radius 1 is 1.20 bits per heavy atom. The van der Waals surface area contributed by atoms with Crippen molar-refractivity contribution in [1.82, 2.24) is 0 Å². The van der Waals surface area contributed by atoms with E-state index in [0.29, 0.717) is 16.9 Å². The van der Waals surface area contributed by atoms with E-state index in [2.05, 4.69) is 0 Å². The van der Waals surface area contributed by atoms with Crippen LogP contribution in [0.15, 0.2) is 51.7 Å². The smallest absolute Gasteiger partial charge is 0.341 e. The second kappa shape index (κ2) is 4.70. The average molecular weight is 270 g/mol. The average Bonchev–Trinajstić information content (AvgIpc) is 2.45. The molecule has 0 amide bonds. The predicted molar refractivity (Wildman–Crippen MR) is 72.2 cm³/mol. The highest BCUT2D eigenvalue weighted by molar-refractivity contribution is 5.83. The van der Waals surface area contributed by atoms with Crippen LogP contribution in [0.25, 0.3) is 22.3 Å². The molecule has 5 nitrogen and oxygen atoms in total. The first kappa shape index (κ1) is 12.2. The topological polar surface area (TPSA) is 76.7 Å². The summed E-state index contributed by atoms with van der Waals surface area (Å²) in [6, 6.07) is 12.1. The van der Waals surface area contributed by atoms with Crippen LogP contribution in [-0.4, -0.2) is 17.7 Å². The van der Waals surface area contributed by atoms with Gasteiger partial charge in [0, 0.05) is 5.39 Å². The number of fused-ring (bicyclic) bond motifs is 2. The van der Waals surface area contributed by atoms with Crippen molar-refractivity contribution in [3.63, 3.8) is 0 Å². The Morgan fingerprint density at radius 2 is 2.00 bits per heavy atom. The maximum absolute atomic E-state index is 12.2. The Hall–Kier alpha value is -2.82. The molecule has 100 valence electrons. The SMILES string of the molecule is O=C(O)COc1ccc2oc3ccccc3cc-2c1=O. The number of ether oxygens (including phenoxy) is 1. The summed E-state index contributed by atoms with van der Waals surface area (Å²) in [5, 5.41) is 9.37. The molecule has 0 unspecified atom stereocenters. The van der Waals surface area contributed by atoms with Crippen molar-refractivity contribution in [3.8, 4) is 17.1 Å². The molecule has 1 heterocycles. The molecule has 5 heteroatoms. The highest BCUT2D eigenvalue weighted by Crippen LogP contribution is 2.27. The van der Waals surface area contributed by atoms with Gasteiger partial charge in [0.1, 0.15) is 11.3 Å². The zero-order valence-electron chi connectivity index (χ0n) is 10.3. The molecule has 0 aromatic heterocycles. The summed E-state index contributed by atoms with van der Waals surface area (Å²) in [7, 11) is 0. The number of aliphatic carboxylic acids is 1. The summed E-state index contributed by atoms with van der Waals surface area (Å²) in [6.07, 6.45) is 0. The van der Waals surface area contributed by atoms with Crippen molar-refractivity contribution >= 4 is 16.9 Å². The van der Waals surface area contributed by atoms with E-state index in [0.717, 1.165) is 5.39 Å². The zero-order valence-corrected chi connectivity index (χ0v) is 10.3. The normalized spacial score (nSPS) is 10.8. The van der Waals surface area contributed by atoms with Crippen molar-refractivity contribution < 1.29 is 19.1 Å². The molecule has 1 aliphatic heterocycles. The Balaban J connectivity index is 2.16. The van der Waals surface area contributed by atoms with Gasteiger partial charge in [0.2, 0.25) is 5.43 Å². The van der Waals surface area contributed by atoms with E-state index in [1.807, 2.05) is 24.3 Å². The van der Waals surface area contributed by atoms with E-state index < -0.39 is 12.6 Å². The molecular formula is C15H10O5. The lowest BCUT2D eigenvalue weighted by molar-refractivity contribution is -0.139. The minimum Gasteiger partial charge on any atom is -0.479 e. The van der Waals surface area contributed by atoms with Gasteiger partial charge in [0.15, 0.2) is 12.4 Å². The second-order valence-electron chi connectivity index (χ2n) is 4.27. The van der Waals surface area contributed by atoms with E-state index in [4.69, 9.17) is 14.3 Å². The molecule has 0 saturated carbocycles. The number of rotatable bonds is 3. The molecule has 0 radical (unpaired) electrons. The summed E-state index contributed by atoms with van der Waals surface area (Å²) in [6.45, 7) is -0.550. The van der Waals surface area contributed by atoms with Gasteiger partial charge >= 0.3 is 5.97 Å². The number of benzene rings is 2. The molecule has 0 bridgehead atoms. The Labute approximate surface area is 113 Å². The summed E-state index contributed by atoms with van der Waals surface area (Å²) in [4.78, 5) is 22.7. The van der Waals surface area contributed by atoms with E-state index in [9.17, 15) is 9.59 Å². The quantitative estimate of drug-likeness (QED) is 0.739. The molecule has 20 heavy (non-hydrogen) atoms. The number of carbonyl (C=O) groups is 1. The van der Waals surface area contributed by atoms with Crippen LogP contribution in [0, 0.1) is 0 Å².